The fourth-order valence-corrected chi connectivity index (χ4v) is 3.39. The number of hydrogen-bond acceptors (Lipinski definition) is 8. The van der Waals surface area contributed by atoms with Crippen LogP contribution < -0.4 is 20.7 Å². The van der Waals surface area contributed by atoms with Gasteiger partial charge in [0.05, 0.1) is 4.92 Å². The molecule has 0 aliphatic carbocycles. The van der Waals surface area contributed by atoms with Gasteiger partial charge < -0.3 is 15.8 Å². The van der Waals surface area contributed by atoms with Crippen molar-refractivity contribution in [3.63, 3.8) is 0 Å². The van der Waals surface area contributed by atoms with Crippen LogP contribution in [-0.4, -0.2) is 35.2 Å². The van der Waals surface area contributed by atoms with E-state index >= 15 is 0 Å². The Morgan fingerprint density at radius 1 is 1.21 bits per heavy atom. The second-order valence-corrected chi connectivity index (χ2v) is 9.07. The van der Waals surface area contributed by atoms with Gasteiger partial charge in [-0.2, -0.15) is 0 Å². The molecule has 10 nitrogen and oxygen atoms in total. The van der Waals surface area contributed by atoms with Gasteiger partial charge in [0.2, 0.25) is 5.13 Å². The molecule has 0 saturated heterocycles. The predicted molar refractivity (Wildman–Crippen MR) is 131 cm³/mol. The van der Waals surface area contributed by atoms with Gasteiger partial charge in [0.25, 0.3) is 5.69 Å². The van der Waals surface area contributed by atoms with Gasteiger partial charge in [-0.1, -0.05) is 61.9 Å². The van der Waals surface area contributed by atoms with Gasteiger partial charge in [0, 0.05) is 25.6 Å². The van der Waals surface area contributed by atoms with Crippen LogP contribution in [0, 0.1) is 10.1 Å². The topological polar surface area (TPSA) is 137 Å². The summed E-state index contributed by atoms with van der Waals surface area (Å²) in [6.45, 7) is 6.20. The van der Waals surface area contributed by atoms with Crippen molar-refractivity contribution in [1.29, 1.82) is 0 Å². The number of nitrogens with two attached hydrogens (primary N) is 1. The van der Waals surface area contributed by atoms with Crippen LogP contribution in [0.4, 0.5) is 21.3 Å². The lowest BCUT2D eigenvalue weighted by Crippen LogP contribution is -2.34. The number of carbonyl (C=O) groups excluding carboxylic acids is 1. The first kappa shape index (κ1) is 25.8. The molecule has 33 heavy (non-hydrogen) atoms. The van der Waals surface area contributed by atoms with E-state index in [4.69, 9.17) is 22.1 Å². The SMILES string of the molecule is CNC(=O)N(C)c1nnc(C(C)(C)C)s1.Nc1c([N+](=O)[O-])ccc(Oc2ccccc2)c1Cl. The quantitative estimate of drug-likeness (QED) is 0.289. The van der Waals surface area contributed by atoms with Crippen molar-refractivity contribution >= 4 is 45.5 Å². The summed E-state index contributed by atoms with van der Waals surface area (Å²) in [5.74, 6) is 0.860. The third kappa shape index (κ3) is 6.77. The molecule has 3 rings (SSSR count). The zero-order chi connectivity index (χ0) is 24.8. The first-order valence-electron chi connectivity index (χ1n) is 9.70. The van der Waals surface area contributed by atoms with E-state index in [0.29, 0.717) is 10.9 Å². The van der Waals surface area contributed by atoms with Crippen molar-refractivity contribution in [1.82, 2.24) is 15.5 Å². The molecule has 0 aliphatic heterocycles. The second-order valence-electron chi connectivity index (χ2n) is 7.74. The number of nitro benzene ring substituents is 1. The van der Waals surface area contributed by atoms with Crippen LogP contribution in [0.2, 0.25) is 5.02 Å². The molecule has 1 heterocycles. The number of urea groups is 1. The minimum absolute atomic E-state index is 0.0283. The Morgan fingerprint density at radius 3 is 2.36 bits per heavy atom. The molecule has 3 N–H and O–H groups in total. The van der Waals surface area contributed by atoms with Crippen molar-refractivity contribution in [3.8, 4) is 11.5 Å². The van der Waals surface area contributed by atoms with E-state index in [0.717, 1.165) is 5.01 Å². The van der Waals surface area contributed by atoms with Crippen LogP contribution >= 0.6 is 22.9 Å². The number of benzene rings is 2. The van der Waals surface area contributed by atoms with Crippen LogP contribution in [0.25, 0.3) is 0 Å². The summed E-state index contributed by atoms with van der Waals surface area (Å²) in [6, 6.07) is 11.4. The zero-order valence-electron chi connectivity index (χ0n) is 18.8. The summed E-state index contributed by atoms with van der Waals surface area (Å²) < 4.78 is 5.49. The maximum absolute atomic E-state index is 11.3. The number of hydrogen-bond donors (Lipinski definition) is 2. The smallest absolute Gasteiger partial charge is 0.323 e. The average Bonchev–Trinajstić information content (AvgIpc) is 3.28. The molecular weight excluding hydrogens is 468 g/mol. The first-order chi connectivity index (χ1) is 15.5. The zero-order valence-corrected chi connectivity index (χ0v) is 20.4. The van der Waals surface area contributed by atoms with Crippen molar-refractivity contribution in [2.45, 2.75) is 26.2 Å². The summed E-state index contributed by atoms with van der Waals surface area (Å²) in [5.41, 5.74) is 5.22. The number of para-hydroxylation sites is 1. The second kappa shape index (κ2) is 10.9. The largest absolute Gasteiger partial charge is 0.456 e. The average molecular weight is 493 g/mol. The number of nitrogens with zero attached hydrogens (tertiary/aromatic N) is 4. The number of nitro groups is 1. The monoisotopic (exact) mass is 492 g/mol. The van der Waals surface area contributed by atoms with Gasteiger partial charge in [0.1, 0.15) is 27.2 Å². The summed E-state index contributed by atoms with van der Waals surface area (Å²) in [4.78, 5) is 22.9. The minimum atomic E-state index is -0.590. The molecule has 0 saturated carbocycles. The van der Waals surface area contributed by atoms with Gasteiger partial charge in [-0.15, -0.1) is 10.2 Å². The Balaban J connectivity index is 0.000000238. The molecule has 0 aliphatic rings. The summed E-state index contributed by atoms with van der Waals surface area (Å²) in [7, 11) is 3.26. The summed E-state index contributed by atoms with van der Waals surface area (Å²) in [6.07, 6.45) is 0. The Bertz CT molecular complexity index is 1120. The van der Waals surface area contributed by atoms with Crippen LogP contribution in [0.3, 0.4) is 0 Å². The number of carbonyl (C=O) groups is 1. The molecule has 12 heteroatoms. The number of ether oxygens (including phenoxy) is 1. The summed E-state index contributed by atoms with van der Waals surface area (Å²) in [5, 5.41) is 22.8. The van der Waals surface area contributed by atoms with Gasteiger partial charge in [0.15, 0.2) is 0 Å². The lowest BCUT2D eigenvalue weighted by Gasteiger charge is -2.13. The standard InChI is InChI=1S/C12H9ClN2O3.C9H16N4OS/c13-11-10(18-8-4-2-1-3-5-8)7-6-9(12(11)14)15(16)17;1-9(2,3)6-11-12-8(15-6)13(5)7(14)10-4/h1-7H,14H2;1-5H3,(H,10,14). The van der Waals surface area contributed by atoms with Crippen LogP contribution in [0.5, 0.6) is 11.5 Å². The first-order valence-corrected chi connectivity index (χ1v) is 10.9. The third-order valence-corrected chi connectivity index (χ3v) is 5.97. The Hall–Kier alpha value is -3.44. The van der Waals surface area contributed by atoms with E-state index in [9.17, 15) is 14.9 Å². The Labute approximate surface area is 200 Å². The number of nitrogens with one attached hydrogen (secondary N) is 1. The number of rotatable bonds is 4. The fraction of sp³-hybridized carbons (Fsp3) is 0.286. The molecule has 3 aromatic rings. The van der Waals surface area contributed by atoms with Crippen molar-refractivity contribution in [2.75, 3.05) is 24.7 Å². The molecule has 2 aromatic carbocycles. The molecule has 0 atom stereocenters. The molecule has 2 amide bonds. The highest BCUT2D eigenvalue weighted by atomic mass is 35.5. The van der Waals surface area contributed by atoms with Crippen molar-refractivity contribution in [3.05, 3.63) is 62.6 Å². The number of halogens is 1. The van der Waals surface area contributed by atoms with E-state index in [1.165, 1.54) is 28.4 Å². The van der Waals surface area contributed by atoms with Gasteiger partial charge in [-0.05, 0) is 18.2 Å². The molecule has 176 valence electrons. The highest BCUT2D eigenvalue weighted by Gasteiger charge is 2.22. The van der Waals surface area contributed by atoms with E-state index in [2.05, 4.69) is 36.3 Å². The molecule has 0 bridgehead atoms. The molecule has 0 radical (unpaired) electrons. The minimum Gasteiger partial charge on any atom is -0.456 e. The molecule has 0 spiro atoms. The third-order valence-electron chi connectivity index (χ3n) is 4.15. The highest BCUT2D eigenvalue weighted by Crippen LogP contribution is 2.38. The van der Waals surface area contributed by atoms with E-state index < -0.39 is 4.92 Å². The normalized spacial score (nSPS) is 10.6. The molecule has 1 aromatic heterocycles. The maximum Gasteiger partial charge on any atom is 0.323 e. The summed E-state index contributed by atoms with van der Waals surface area (Å²) >= 11 is 7.37. The van der Waals surface area contributed by atoms with Crippen molar-refractivity contribution < 1.29 is 14.5 Å². The lowest BCUT2D eigenvalue weighted by atomic mass is 9.98. The Kier molecular flexibility index (Phi) is 8.55. The van der Waals surface area contributed by atoms with Gasteiger partial charge in [-0.25, -0.2) is 4.79 Å². The number of aromatic nitrogens is 2. The van der Waals surface area contributed by atoms with Crippen LogP contribution in [-0.2, 0) is 5.41 Å². The molecule has 0 unspecified atom stereocenters. The number of anilines is 2. The van der Waals surface area contributed by atoms with Gasteiger partial charge >= 0.3 is 6.03 Å². The fourth-order valence-electron chi connectivity index (χ4n) is 2.32. The predicted octanol–water partition coefficient (Wildman–Crippen LogP) is 5.23. The van der Waals surface area contributed by atoms with Gasteiger partial charge in [-0.3, -0.25) is 15.0 Å². The van der Waals surface area contributed by atoms with E-state index in [1.54, 1.807) is 38.4 Å². The Morgan fingerprint density at radius 2 is 1.85 bits per heavy atom. The van der Waals surface area contributed by atoms with Crippen LogP contribution in [0.15, 0.2) is 42.5 Å². The van der Waals surface area contributed by atoms with E-state index in [1.807, 2.05) is 6.07 Å². The highest BCUT2D eigenvalue weighted by molar-refractivity contribution is 7.15. The molecule has 0 fully saturated rings. The van der Waals surface area contributed by atoms with Crippen molar-refractivity contribution in [2.24, 2.45) is 0 Å². The number of amides is 2. The lowest BCUT2D eigenvalue weighted by molar-refractivity contribution is -0.383. The maximum atomic E-state index is 11.3. The van der Waals surface area contributed by atoms with Crippen LogP contribution in [0.1, 0.15) is 25.8 Å². The molecular formula is C21H25ClN6O4S. The number of nitrogen functional groups attached to an aromatic ring is 1. The van der Waals surface area contributed by atoms with E-state index in [-0.39, 0.29) is 33.6 Å².